The largest absolute Gasteiger partial charge is 0.207 e. The lowest BCUT2D eigenvalue weighted by atomic mass is 10.2. The molecule has 0 unspecified atom stereocenters. The molecule has 0 aliphatic rings. The summed E-state index contributed by atoms with van der Waals surface area (Å²) < 4.78 is 12.6. The van der Waals surface area contributed by atoms with Crippen LogP contribution in [0.3, 0.4) is 0 Å². The first-order valence-corrected chi connectivity index (χ1v) is 4.75. The summed E-state index contributed by atoms with van der Waals surface area (Å²) in [6.45, 7) is 6.05. The zero-order valence-corrected chi connectivity index (χ0v) is 8.55. The molecular formula is C12H17F. The second kappa shape index (κ2) is 7.53. The van der Waals surface area contributed by atoms with Gasteiger partial charge in [-0.25, -0.2) is 4.39 Å². The molecule has 0 nitrogen and oxygen atoms in total. The Bertz CT molecular complexity index is 251. The standard InChI is InChI=1S/C10H11F.C2H6/c1-2-3-5-9-6-4-7-10(11)8-9;1-2/h3-8H,2H2,1H3;1-2H3/b5-3-;. The van der Waals surface area contributed by atoms with E-state index < -0.39 is 0 Å². The molecule has 1 heteroatoms. The topological polar surface area (TPSA) is 0 Å². The maximum atomic E-state index is 12.6. The fourth-order valence-corrected chi connectivity index (χ4v) is 0.864. The van der Waals surface area contributed by atoms with E-state index >= 15 is 0 Å². The Kier molecular flexibility index (Phi) is 6.89. The van der Waals surface area contributed by atoms with Gasteiger partial charge in [0.25, 0.3) is 0 Å². The van der Waals surface area contributed by atoms with Crippen LogP contribution in [0.1, 0.15) is 32.8 Å². The van der Waals surface area contributed by atoms with E-state index in [1.807, 2.05) is 32.1 Å². The van der Waals surface area contributed by atoms with Crippen molar-refractivity contribution in [1.29, 1.82) is 0 Å². The third kappa shape index (κ3) is 5.18. The second-order valence-corrected chi connectivity index (χ2v) is 2.37. The summed E-state index contributed by atoms with van der Waals surface area (Å²) in [6.07, 6.45) is 4.91. The maximum absolute atomic E-state index is 12.6. The number of hydrogen-bond donors (Lipinski definition) is 0. The minimum Gasteiger partial charge on any atom is -0.207 e. The van der Waals surface area contributed by atoms with E-state index in [2.05, 4.69) is 6.92 Å². The van der Waals surface area contributed by atoms with Gasteiger partial charge in [-0.2, -0.15) is 0 Å². The molecule has 0 bridgehead atoms. The molecule has 0 fully saturated rings. The van der Waals surface area contributed by atoms with Crippen LogP contribution in [0, 0.1) is 5.82 Å². The monoisotopic (exact) mass is 180 g/mol. The fraction of sp³-hybridized carbons (Fsp3) is 0.333. The third-order valence-electron chi connectivity index (χ3n) is 1.39. The van der Waals surface area contributed by atoms with E-state index in [0.717, 1.165) is 12.0 Å². The quantitative estimate of drug-likeness (QED) is 0.637. The molecule has 0 N–H and O–H groups in total. The van der Waals surface area contributed by atoms with Crippen molar-refractivity contribution in [2.24, 2.45) is 0 Å². The van der Waals surface area contributed by atoms with Crippen LogP contribution in [0.2, 0.25) is 0 Å². The van der Waals surface area contributed by atoms with Gasteiger partial charge in [0.2, 0.25) is 0 Å². The zero-order valence-electron chi connectivity index (χ0n) is 8.55. The predicted molar refractivity (Wildman–Crippen MR) is 57.1 cm³/mol. The summed E-state index contributed by atoms with van der Waals surface area (Å²) >= 11 is 0. The Hall–Kier alpha value is -1.11. The van der Waals surface area contributed by atoms with Gasteiger partial charge in [0.05, 0.1) is 0 Å². The molecule has 1 aromatic carbocycles. The molecule has 0 aliphatic carbocycles. The molecule has 0 saturated heterocycles. The van der Waals surface area contributed by atoms with E-state index in [0.29, 0.717) is 0 Å². The average molecular weight is 180 g/mol. The maximum Gasteiger partial charge on any atom is 0.123 e. The molecule has 0 aromatic heterocycles. The molecule has 0 spiro atoms. The van der Waals surface area contributed by atoms with Gasteiger partial charge >= 0.3 is 0 Å². The lowest BCUT2D eigenvalue weighted by molar-refractivity contribution is 0.627. The highest BCUT2D eigenvalue weighted by Crippen LogP contribution is 2.05. The van der Waals surface area contributed by atoms with Gasteiger partial charge in [-0.15, -0.1) is 0 Å². The van der Waals surface area contributed by atoms with Crippen molar-refractivity contribution in [3.05, 3.63) is 41.7 Å². The molecule has 0 saturated carbocycles. The van der Waals surface area contributed by atoms with E-state index in [1.165, 1.54) is 12.1 Å². The third-order valence-corrected chi connectivity index (χ3v) is 1.39. The predicted octanol–water partition coefficient (Wildman–Crippen LogP) is 4.28. The smallest absolute Gasteiger partial charge is 0.123 e. The van der Waals surface area contributed by atoms with Crippen LogP contribution in [-0.4, -0.2) is 0 Å². The van der Waals surface area contributed by atoms with Gasteiger partial charge in [0.1, 0.15) is 5.82 Å². The summed E-state index contributed by atoms with van der Waals surface area (Å²) in [5.41, 5.74) is 0.923. The first-order chi connectivity index (χ1) is 6.33. The Balaban J connectivity index is 0.000000671. The van der Waals surface area contributed by atoms with Crippen molar-refractivity contribution in [2.75, 3.05) is 0 Å². The van der Waals surface area contributed by atoms with Crippen molar-refractivity contribution in [3.8, 4) is 0 Å². The fourth-order valence-electron chi connectivity index (χ4n) is 0.864. The summed E-state index contributed by atoms with van der Waals surface area (Å²) in [6, 6.07) is 6.56. The van der Waals surface area contributed by atoms with Gasteiger partial charge in [0, 0.05) is 0 Å². The van der Waals surface area contributed by atoms with Crippen LogP contribution >= 0.6 is 0 Å². The Morgan fingerprint density at radius 2 is 2.00 bits per heavy atom. The first kappa shape index (κ1) is 11.9. The minimum absolute atomic E-state index is 0.178. The Morgan fingerprint density at radius 1 is 1.31 bits per heavy atom. The van der Waals surface area contributed by atoms with E-state index in [1.54, 1.807) is 6.07 Å². The average Bonchev–Trinajstić information content (AvgIpc) is 2.18. The van der Waals surface area contributed by atoms with Gasteiger partial charge in [-0.05, 0) is 24.1 Å². The summed E-state index contributed by atoms with van der Waals surface area (Å²) in [7, 11) is 0. The lowest BCUT2D eigenvalue weighted by Crippen LogP contribution is -1.74. The van der Waals surface area contributed by atoms with Gasteiger partial charge in [-0.1, -0.05) is 45.1 Å². The minimum atomic E-state index is -0.178. The van der Waals surface area contributed by atoms with Crippen LogP contribution in [0.15, 0.2) is 30.3 Å². The lowest BCUT2D eigenvalue weighted by Gasteiger charge is -1.91. The molecular weight excluding hydrogens is 163 g/mol. The summed E-state index contributed by atoms with van der Waals surface area (Å²) in [5, 5.41) is 0. The van der Waals surface area contributed by atoms with Crippen LogP contribution in [0.4, 0.5) is 4.39 Å². The number of hydrogen-bond acceptors (Lipinski definition) is 0. The number of halogens is 1. The van der Waals surface area contributed by atoms with Crippen molar-refractivity contribution >= 4 is 6.08 Å². The molecule has 72 valence electrons. The Morgan fingerprint density at radius 3 is 2.54 bits per heavy atom. The van der Waals surface area contributed by atoms with E-state index in [9.17, 15) is 4.39 Å². The Labute approximate surface area is 80.1 Å². The number of rotatable bonds is 2. The molecule has 1 aromatic rings. The number of allylic oxidation sites excluding steroid dienone is 1. The molecule has 0 heterocycles. The normalized spacial score (nSPS) is 9.54. The van der Waals surface area contributed by atoms with Crippen molar-refractivity contribution in [1.82, 2.24) is 0 Å². The molecule has 0 aliphatic heterocycles. The zero-order chi connectivity index (χ0) is 10.1. The van der Waals surface area contributed by atoms with Crippen molar-refractivity contribution in [3.63, 3.8) is 0 Å². The van der Waals surface area contributed by atoms with Gasteiger partial charge in [0.15, 0.2) is 0 Å². The molecule has 0 radical (unpaired) electrons. The van der Waals surface area contributed by atoms with Gasteiger partial charge < -0.3 is 0 Å². The molecule has 13 heavy (non-hydrogen) atoms. The second-order valence-electron chi connectivity index (χ2n) is 2.37. The van der Waals surface area contributed by atoms with E-state index in [4.69, 9.17) is 0 Å². The molecule has 0 amide bonds. The van der Waals surface area contributed by atoms with Crippen molar-refractivity contribution < 1.29 is 4.39 Å². The van der Waals surface area contributed by atoms with Crippen LogP contribution < -0.4 is 0 Å². The SMILES string of the molecule is CC.CC/C=C\c1cccc(F)c1. The highest BCUT2D eigenvalue weighted by atomic mass is 19.1. The summed E-state index contributed by atoms with van der Waals surface area (Å²) in [4.78, 5) is 0. The van der Waals surface area contributed by atoms with Gasteiger partial charge in [-0.3, -0.25) is 0 Å². The van der Waals surface area contributed by atoms with E-state index in [-0.39, 0.29) is 5.82 Å². The highest BCUT2D eigenvalue weighted by molar-refractivity contribution is 5.48. The molecule has 0 atom stereocenters. The summed E-state index contributed by atoms with van der Waals surface area (Å²) in [5.74, 6) is -0.178. The first-order valence-electron chi connectivity index (χ1n) is 4.75. The highest BCUT2D eigenvalue weighted by Gasteiger charge is 1.88. The number of benzene rings is 1. The van der Waals surface area contributed by atoms with Crippen LogP contribution in [-0.2, 0) is 0 Å². The van der Waals surface area contributed by atoms with Crippen molar-refractivity contribution in [2.45, 2.75) is 27.2 Å². The van der Waals surface area contributed by atoms with Crippen LogP contribution in [0.25, 0.3) is 6.08 Å². The van der Waals surface area contributed by atoms with Crippen LogP contribution in [0.5, 0.6) is 0 Å². The molecule has 1 rings (SSSR count).